The molecule has 1 fully saturated rings. The Balaban J connectivity index is 1.83. The van der Waals surface area contributed by atoms with Crippen LogP contribution in [0.25, 0.3) is 6.08 Å². The third-order valence-electron chi connectivity index (χ3n) is 4.31. The number of ether oxygens (including phenoxy) is 3. The molecule has 0 spiro atoms. The quantitative estimate of drug-likeness (QED) is 0.368. The Morgan fingerprint density at radius 1 is 1.12 bits per heavy atom. The first-order valence-corrected chi connectivity index (χ1v) is 11.1. The van der Waals surface area contributed by atoms with Crippen molar-refractivity contribution in [3.8, 4) is 11.5 Å². The molecule has 1 heterocycles. The van der Waals surface area contributed by atoms with E-state index in [9.17, 15) is 14.4 Å². The second-order valence-corrected chi connectivity index (χ2v) is 8.36. The molecule has 2 amide bonds. The van der Waals surface area contributed by atoms with Crippen LogP contribution in [-0.2, 0) is 20.9 Å². The highest BCUT2D eigenvalue weighted by molar-refractivity contribution is 8.18. The van der Waals surface area contributed by atoms with Crippen molar-refractivity contribution in [1.82, 2.24) is 4.90 Å². The van der Waals surface area contributed by atoms with Gasteiger partial charge in [0.05, 0.1) is 23.6 Å². The van der Waals surface area contributed by atoms with E-state index in [0.29, 0.717) is 28.7 Å². The van der Waals surface area contributed by atoms with Crippen molar-refractivity contribution in [1.29, 1.82) is 0 Å². The summed E-state index contributed by atoms with van der Waals surface area (Å²) in [5.74, 6) is -0.506. The Labute approximate surface area is 199 Å². The van der Waals surface area contributed by atoms with Gasteiger partial charge in [-0.15, -0.1) is 0 Å². The van der Waals surface area contributed by atoms with Crippen molar-refractivity contribution in [2.45, 2.75) is 13.5 Å². The first-order valence-electron chi connectivity index (χ1n) is 9.48. The van der Waals surface area contributed by atoms with Gasteiger partial charge in [-0.05, 0) is 60.2 Å². The number of hydrogen-bond donors (Lipinski definition) is 0. The van der Waals surface area contributed by atoms with Gasteiger partial charge in [-0.25, -0.2) is 0 Å². The number of hydrogen-bond acceptors (Lipinski definition) is 7. The first kappa shape index (κ1) is 24.0. The SMILES string of the molecule is CCOc1cc(/C=C2/SC(=O)N(CC(=O)OC)C2=O)cc(Cl)c1OCc1ccc(Cl)cc1. The lowest BCUT2D eigenvalue weighted by Crippen LogP contribution is -2.34. The van der Waals surface area contributed by atoms with Crippen molar-refractivity contribution in [3.63, 3.8) is 0 Å². The average molecular weight is 496 g/mol. The number of nitrogens with zero attached hydrogens (tertiary/aromatic N) is 1. The Bertz CT molecular complexity index is 1070. The van der Waals surface area contributed by atoms with Crippen LogP contribution in [0.1, 0.15) is 18.1 Å². The Morgan fingerprint density at radius 3 is 2.50 bits per heavy atom. The number of methoxy groups -OCH3 is 1. The van der Waals surface area contributed by atoms with Crippen LogP contribution in [0, 0.1) is 0 Å². The normalized spacial score (nSPS) is 14.8. The van der Waals surface area contributed by atoms with Gasteiger partial charge in [0.15, 0.2) is 11.5 Å². The highest BCUT2D eigenvalue weighted by Gasteiger charge is 2.36. The molecule has 0 unspecified atom stereocenters. The molecule has 0 N–H and O–H groups in total. The Hall–Kier alpha value is -2.68. The van der Waals surface area contributed by atoms with E-state index in [4.69, 9.17) is 32.7 Å². The summed E-state index contributed by atoms with van der Waals surface area (Å²) in [7, 11) is 1.19. The molecule has 3 rings (SSSR count). The minimum atomic E-state index is -0.683. The highest BCUT2D eigenvalue weighted by Crippen LogP contribution is 2.39. The monoisotopic (exact) mass is 495 g/mol. The minimum absolute atomic E-state index is 0.159. The molecule has 0 saturated carbocycles. The summed E-state index contributed by atoms with van der Waals surface area (Å²) in [5, 5.41) is 0.359. The lowest BCUT2D eigenvalue weighted by molar-refractivity contribution is -0.143. The average Bonchev–Trinajstić information content (AvgIpc) is 3.01. The molecular formula is C22H19Cl2NO6S. The molecule has 1 saturated heterocycles. The van der Waals surface area contributed by atoms with Crippen LogP contribution in [0.4, 0.5) is 4.79 Å². The van der Waals surface area contributed by atoms with Crippen LogP contribution in [0.5, 0.6) is 11.5 Å². The molecule has 2 aromatic rings. The van der Waals surface area contributed by atoms with Crippen molar-refractivity contribution < 1.29 is 28.6 Å². The zero-order valence-electron chi connectivity index (χ0n) is 17.2. The van der Waals surface area contributed by atoms with Gasteiger partial charge in [-0.1, -0.05) is 35.3 Å². The third kappa shape index (κ3) is 5.76. The second-order valence-electron chi connectivity index (χ2n) is 6.52. The molecule has 10 heteroatoms. The summed E-state index contributed by atoms with van der Waals surface area (Å²) in [6.07, 6.45) is 1.51. The largest absolute Gasteiger partial charge is 0.490 e. The lowest BCUT2D eigenvalue weighted by Gasteiger charge is -2.15. The van der Waals surface area contributed by atoms with Crippen LogP contribution in [0.15, 0.2) is 41.3 Å². The predicted octanol–water partition coefficient (Wildman–Crippen LogP) is 5.18. The molecule has 0 radical (unpaired) electrons. The van der Waals surface area contributed by atoms with Gasteiger partial charge in [-0.3, -0.25) is 19.3 Å². The number of benzene rings is 2. The maximum atomic E-state index is 12.5. The Kier molecular flexibility index (Phi) is 8.06. The number of amides is 2. The van der Waals surface area contributed by atoms with Gasteiger partial charge in [0.1, 0.15) is 13.2 Å². The number of thioether (sulfide) groups is 1. The Morgan fingerprint density at radius 2 is 1.84 bits per heavy atom. The lowest BCUT2D eigenvalue weighted by atomic mass is 10.1. The van der Waals surface area contributed by atoms with Gasteiger partial charge in [0.2, 0.25) is 0 Å². The maximum Gasteiger partial charge on any atom is 0.325 e. The molecule has 0 aliphatic carbocycles. The number of rotatable bonds is 8. The number of esters is 1. The van der Waals surface area contributed by atoms with Gasteiger partial charge < -0.3 is 14.2 Å². The molecule has 2 aromatic carbocycles. The second kappa shape index (κ2) is 10.8. The topological polar surface area (TPSA) is 82.1 Å². The summed E-state index contributed by atoms with van der Waals surface area (Å²) in [6.45, 7) is 2.00. The van der Waals surface area contributed by atoms with E-state index in [0.717, 1.165) is 22.2 Å². The fourth-order valence-electron chi connectivity index (χ4n) is 2.79. The maximum absolute atomic E-state index is 12.5. The van der Waals surface area contributed by atoms with E-state index in [2.05, 4.69) is 4.74 Å². The van der Waals surface area contributed by atoms with Crippen molar-refractivity contribution >= 4 is 58.2 Å². The standard InChI is InChI=1S/C22H19Cl2NO6S/c1-3-30-17-9-14(10-18-21(27)25(22(28)32-18)11-19(26)29-2)8-16(24)20(17)31-12-13-4-6-15(23)7-5-13/h4-10H,3,11-12H2,1-2H3/b18-10+. The van der Waals surface area contributed by atoms with Gasteiger partial charge >= 0.3 is 5.97 Å². The summed E-state index contributed by atoms with van der Waals surface area (Å²) in [5.41, 5.74) is 1.44. The molecule has 7 nitrogen and oxygen atoms in total. The third-order valence-corrected chi connectivity index (χ3v) is 5.75. The smallest absolute Gasteiger partial charge is 0.325 e. The fourth-order valence-corrected chi connectivity index (χ4v) is 4.03. The molecular weight excluding hydrogens is 477 g/mol. The van der Waals surface area contributed by atoms with Crippen LogP contribution in [0.2, 0.25) is 10.0 Å². The van der Waals surface area contributed by atoms with E-state index < -0.39 is 23.7 Å². The first-order chi connectivity index (χ1) is 15.3. The summed E-state index contributed by atoms with van der Waals surface area (Å²) >= 11 is 13.1. The highest BCUT2D eigenvalue weighted by atomic mass is 35.5. The van der Waals surface area contributed by atoms with E-state index >= 15 is 0 Å². The molecule has 168 valence electrons. The van der Waals surface area contributed by atoms with Crippen LogP contribution >= 0.6 is 35.0 Å². The van der Waals surface area contributed by atoms with E-state index in [1.165, 1.54) is 13.2 Å². The number of imide groups is 1. The van der Waals surface area contributed by atoms with Crippen LogP contribution in [-0.4, -0.2) is 42.3 Å². The fraction of sp³-hybridized carbons (Fsp3) is 0.227. The van der Waals surface area contributed by atoms with Crippen LogP contribution in [0.3, 0.4) is 0 Å². The molecule has 1 aliphatic heterocycles. The minimum Gasteiger partial charge on any atom is -0.490 e. The molecule has 32 heavy (non-hydrogen) atoms. The van der Waals surface area contributed by atoms with E-state index in [1.807, 2.05) is 19.1 Å². The zero-order valence-corrected chi connectivity index (χ0v) is 19.6. The van der Waals surface area contributed by atoms with E-state index in [-0.39, 0.29) is 16.5 Å². The van der Waals surface area contributed by atoms with Gasteiger partial charge in [0, 0.05) is 5.02 Å². The molecule has 1 aliphatic rings. The van der Waals surface area contributed by atoms with Crippen molar-refractivity contribution in [3.05, 3.63) is 62.5 Å². The molecule has 0 bridgehead atoms. The summed E-state index contributed by atoms with van der Waals surface area (Å²) in [4.78, 5) is 37.1. The molecule has 0 atom stereocenters. The summed E-state index contributed by atoms with van der Waals surface area (Å²) < 4.78 is 16.1. The van der Waals surface area contributed by atoms with Gasteiger partial charge in [-0.2, -0.15) is 0 Å². The number of carbonyl (C=O) groups excluding carboxylic acids is 3. The zero-order chi connectivity index (χ0) is 23.3. The van der Waals surface area contributed by atoms with Crippen LogP contribution < -0.4 is 9.47 Å². The molecule has 0 aromatic heterocycles. The van der Waals surface area contributed by atoms with Crippen molar-refractivity contribution in [2.75, 3.05) is 20.3 Å². The number of carbonyl (C=O) groups is 3. The summed E-state index contributed by atoms with van der Waals surface area (Å²) in [6, 6.07) is 10.5. The van der Waals surface area contributed by atoms with Gasteiger partial charge in [0.25, 0.3) is 11.1 Å². The van der Waals surface area contributed by atoms with Crippen molar-refractivity contribution in [2.24, 2.45) is 0 Å². The van der Waals surface area contributed by atoms with E-state index in [1.54, 1.807) is 24.3 Å². The predicted molar refractivity (Wildman–Crippen MR) is 123 cm³/mol. The number of halogens is 2.